The van der Waals surface area contributed by atoms with E-state index in [0.717, 1.165) is 0 Å². The highest BCUT2D eigenvalue weighted by Crippen LogP contribution is 2.58. The Bertz CT molecular complexity index is 2210. The number of phosphoric acid groups is 3. The quantitative estimate of drug-likeness (QED) is 0.0390. The molecule has 6 N–H and O–H groups in total. The van der Waals surface area contributed by atoms with E-state index in [1.54, 1.807) is 27.7 Å². The number of carbonyl (C=O) groups excluding carboxylic acids is 1. The number of Topliss-reactive ketones (excluding diaryl/α,β-unsaturated/α-hetero) is 1. The number of hydrogen-bond donors (Lipinski definition) is 4. The van der Waals surface area contributed by atoms with E-state index in [2.05, 4.69) is 9.05 Å². The van der Waals surface area contributed by atoms with Gasteiger partial charge in [0.2, 0.25) is 11.6 Å². The molecule has 7 fully saturated rings. The van der Waals surface area contributed by atoms with Crippen LogP contribution in [0.1, 0.15) is 102 Å². The van der Waals surface area contributed by atoms with E-state index in [1.807, 2.05) is 55.4 Å². The van der Waals surface area contributed by atoms with Crippen LogP contribution < -0.4 is 14.7 Å². The second-order valence-corrected chi connectivity index (χ2v) is 26.7. The SMILES string of the molecule is [B][C@@H]1O[C@H](COC(C)C)C(OP(=O)([O-])OC[C@H]2O[C@@H]([B])CC2OC(C)C)C1=O.[B][C@@H]1O[C@H](COC(C)C)[C@@H]2OP(=O)([O-])OC12O.[B][C@@H]1O[C@H](COC(C)C)[C@H](OP(=O)([O-])OC[C@H]2O[C@@H]([B])CC2OC(C)C)C1(O)O.[B][C@H]1CC(OC(C)C)[C@@H](CO)O1.[OH-].[OH-]. The summed E-state index contributed by atoms with van der Waals surface area (Å²) in [6.45, 7) is 21.0. The molecule has 0 aromatic carbocycles. The summed E-state index contributed by atoms with van der Waals surface area (Å²) in [5.41, 5.74) is 0. The van der Waals surface area contributed by atoms with Gasteiger partial charge < -0.3 is 126 Å². The van der Waals surface area contributed by atoms with Crippen molar-refractivity contribution in [3.63, 3.8) is 0 Å². The maximum Gasteiger partial charge on any atom is 0.271 e. The number of aliphatic hydroxyl groups is 4. The first kappa shape index (κ1) is 83.8. The van der Waals surface area contributed by atoms with Crippen molar-refractivity contribution in [1.82, 2.24) is 0 Å². The molecule has 0 amide bonds. The molecule has 0 aromatic rings. The minimum absolute atomic E-state index is 0. The molecule has 0 aromatic heterocycles. The third-order valence-corrected chi connectivity index (χ3v) is 15.9. The van der Waals surface area contributed by atoms with Crippen molar-refractivity contribution in [2.45, 2.75) is 260 Å². The van der Waals surface area contributed by atoms with Gasteiger partial charge in [-0.3, -0.25) is 23.0 Å². The summed E-state index contributed by atoms with van der Waals surface area (Å²) in [6, 6.07) is -5.65. The van der Waals surface area contributed by atoms with E-state index < -0.39 is 138 Å². The number of ketones is 1. The van der Waals surface area contributed by atoms with Crippen molar-refractivity contribution in [2.24, 2.45) is 0 Å². The predicted molar refractivity (Wildman–Crippen MR) is 302 cm³/mol. The lowest BCUT2D eigenvalue weighted by Gasteiger charge is -2.34. The van der Waals surface area contributed by atoms with E-state index in [4.69, 9.17) is 127 Å². The zero-order valence-corrected chi connectivity index (χ0v) is 54.1. The first-order valence-electron chi connectivity index (χ1n) is 28.2. The maximum absolute atomic E-state index is 12.3. The van der Waals surface area contributed by atoms with Gasteiger partial charge in [-0.1, -0.05) is 0 Å². The summed E-state index contributed by atoms with van der Waals surface area (Å²) in [7, 11) is 19.2. The van der Waals surface area contributed by atoms with Crippen LogP contribution in [0, 0.1) is 0 Å². The third-order valence-electron chi connectivity index (χ3n) is 13.0. The Balaban J connectivity index is 0.000000416. The first-order chi connectivity index (χ1) is 39.7. The van der Waals surface area contributed by atoms with Crippen LogP contribution in [0.2, 0.25) is 0 Å². The minimum Gasteiger partial charge on any atom is -0.870 e. The lowest BCUT2D eigenvalue weighted by Crippen LogP contribution is -2.50. The Morgan fingerprint density at radius 1 is 0.557 bits per heavy atom. The molecule has 31 nitrogen and oxygen atoms in total. The highest BCUT2D eigenvalue weighted by molar-refractivity contribution is 7.46. The summed E-state index contributed by atoms with van der Waals surface area (Å²) in [5, 5.41) is 39.1. The molecule has 7 saturated heterocycles. The zero-order chi connectivity index (χ0) is 65.0. The topological polar surface area (TPSA) is 445 Å². The monoisotopic (exact) mass is 1320 g/mol. The van der Waals surface area contributed by atoms with Gasteiger partial charge >= 0.3 is 0 Å². The van der Waals surface area contributed by atoms with Gasteiger partial charge in [-0.15, -0.1) is 0 Å². The lowest BCUT2D eigenvalue weighted by molar-refractivity contribution is -0.259. The van der Waals surface area contributed by atoms with E-state index in [-0.39, 0.29) is 98.8 Å². The van der Waals surface area contributed by atoms with Crippen molar-refractivity contribution in [2.75, 3.05) is 39.6 Å². The summed E-state index contributed by atoms with van der Waals surface area (Å²) >= 11 is 0. The smallest absolute Gasteiger partial charge is 0.271 e. The molecule has 40 heteroatoms. The van der Waals surface area contributed by atoms with Crippen LogP contribution in [0.15, 0.2) is 0 Å². The second kappa shape index (κ2) is 36.7. The Morgan fingerprint density at radius 3 is 1.36 bits per heavy atom. The maximum atomic E-state index is 12.3. The molecular formula is C48H84B6O31P3-5. The number of fused-ring (bicyclic) bond motifs is 1. The van der Waals surface area contributed by atoms with Crippen LogP contribution in [-0.2, 0) is 102 Å². The summed E-state index contributed by atoms with van der Waals surface area (Å²) < 4.78 is 129. The van der Waals surface area contributed by atoms with Crippen LogP contribution in [0.25, 0.3) is 0 Å². The fourth-order valence-electron chi connectivity index (χ4n) is 9.19. The van der Waals surface area contributed by atoms with Gasteiger partial charge in [0.05, 0.1) is 113 Å². The number of carbonyl (C=O) groups is 1. The molecule has 500 valence electrons. The fraction of sp³-hybridized carbons (Fsp3) is 0.979. The highest BCUT2D eigenvalue weighted by atomic mass is 31.2. The van der Waals surface area contributed by atoms with E-state index in [1.165, 1.54) is 0 Å². The molecule has 8 unspecified atom stereocenters. The van der Waals surface area contributed by atoms with Gasteiger partial charge in [-0.25, -0.2) is 0 Å². The van der Waals surface area contributed by atoms with Crippen molar-refractivity contribution in [3.05, 3.63) is 0 Å². The van der Waals surface area contributed by atoms with Crippen molar-refractivity contribution >= 4 is 76.3 Å². The molecule has 7 rings (SSSR count). The number of rotatable bonds is 26. The molecule has 12 radical (unpaired) electrons. The number of hydrogen-bond acceptors (Lipinski definition) is 31. The van der Waals surface area contributed by atoms with Gasteiger partial charge in [-0.05, 0) is 102 Å². The van der Waals surface area contributed by atoms with Crippen molar-refractivity contribution in [1.29, 1.82) is 0 Å². The molecule has 0 saturated carbocycles. The Hall–Kier alpha value is -0.330. The van der Waals surface area contributed by atoms with E-state index in [9.17, 15) is 48.5 Å². The highest BCUT2D eigenvalue weighted by Gasteiger charge is 2.63. The Morgan fingerprint density at radius 2 is 0.943 bits per heavy atom. The first-order valence-corrected chi connectivity index (χ1v) is 32.6. The van der Waals surface area contributed by atoms with Crippen LogP contribution in [0.5, 0.6) is 0 Å². The summed E-state index contributed by atoms with van der Waals surface area (Å²) in [6.07, 6.45) is -8.83. The minimum atomic E-state index is -5.00. The Kier molecular flexibility index (Phi) is 34.9. The normalized spacial score (nSPS) is 38.0. The van der Waals surface area contributed by atoms with Gasteiger partial charge in [0, 0.05) is 18.0 Å². The average Bonchev–Trinajstić information content (AvgIpc) is 1.71. The largest absolute Gasteiger partial charge is 0.870 e. The lowest BCUT2D eigenvalue weighted by atomic mass is 9.90. The Labute approximate surface area is 522 Å². The van der Waals surface area contributed by atoms with Crippen molar-refractivity contribution in [3.8, 4) is 0 Å². The number of ether oxygens (including phenoxy) is 12. The molecule has 7 heterocycles. The molecule has 0 spiro atoms. The van der Waals surface area contributed by atoms with Gasteiger partial charge in [-0.2, -0.15) is 0 Å². The van der Waals surface area contributed by atoms with Gasteiger partial charge in [0.25, 0.3) is 23.5 Å². The van der Waals surface area contributed by atoms with Gasteiger partial charge in [0.1, 0.15) is 89.8 Å². The summed E-state index contributed by atoms with van der Waals surface area (Å²) in [5.74, 6) is -5.62. The molecule has 7 aliphatic heterocycles. The number of phosphoric ester groups is 3. The third kappa shape index (κ3) is 26.0. The van der Waals surface area contributed by atoms with Crippen LogP contribution in [0.3, 0.4) is 0 Å². The molecule has 22 atom stereocenters. The van der Waals surface area contributed by atoms with Crippen molar-refractivity contribution < 1.29 is 149 Å². The van der Waals surface area contributed by atoms with Gasteiger partial charge in [0.15, 0.2) is 18.0 Å². The molecular weight excluding hydrogens is 1230 g/mol. The standard InChI is InChI=1S/C16H29B2O10P.C16H27B2O9P.C8H14BO7P.C8H15BO3.2H2O/c1-8(2)23-6-12-14(16(19,20)15(18)27-12)28-29(21,22)24-7-11-10(25-9(3)4)5-13(17)26-11;1-8(2)22-6-12-15(14(19)16(18)26-12)27-28(20,21)23-7-11-10(24-9(3)4)5-13(17)25-11;1-4(2)13-3-5-6-8(10,7(9)14-5)16-17(11,12)15-6;1-5(2)11-6-3-8(9)12-7(6)4-10;;/h8-15,19-20H,5-7H2,1-4H3,(H,21,22);8-13,15-16H,5-7H2,1-4H3,(H,20,21);4-7,10H,3H2,1-2H3,(H,11,12);5-8,10H,3-4H2,1-2H3;2*1H2/p-5/t10?,11-,12-,13-,14+,15-;10?,11-,12-,13-,15?,16-;5-,6+,7-,8?;6?,7-,8-;;/m1111../s1. The second-order valence-electron chi connectivity index (χ2n) is 22.7. The molecule has 0 aliphatic carbocycles. The summed E-state index contributed by atoms with van der Waals surface area (Å²) in [4.78, 5) is 47.8. The van der Waals surface area contributed by atoms with Crippen LogP contribution >= 0.6 is 23.5 Å². The fourth-order valence-corrected chi connectivity index (χ4v) is 12.2. The molecule has 7 aliphatic rings. The molecule has 0 bridgehead atoms. The predicted octanol–water partition coefficient (Wildman–Crippen LogP) is -2.67. The van der Waals surface area contributed by atoms with Crippen LogP contribution in [-0.4, -0.2) is 281 Å². The van der Waals surface area contributed by atoms with E-state index in [0.29, 0.717) is 19.3 Å². The average molecular weight is 1310 g/mol. The van der Waals surface area contributed by atoms with Crippen LogP contribution in [0.4, 0.5) is 0 Å². The van der Waals surface area contributed by atoms with E-state index >= 15 is 0 Å². The number of aliphatic hydroxyl groups excluding tert-OH is 1. The molecule has 88 heavy (non-hydrogen) atoms. The zero-order valence-electron chi connectivity index (χ0n) is 51.4.